The third-order valence-corrected chi connectivity index (χ3v) is 1.35. The topological polar surface area (TPSA) is 49.1 Å². The van der Waals surface area contributed by atoms with Gasteiger partial charge >= 0.3 is 5.82 Å². The van der Waals surface area contributed by atoms with E-state index in [9.17, 15) is 4.91 Å². The average molecular weight is 162 g/mol. The molecule has 0 aliphatic rings. The van der Waals surface area contributed by atoms with Crippen LogP contribution in [0, 0.1) is 11.8 Å². The monoisotopic (exact) mass is 161 g/mol. The Morgan fingerprint density at radius 2 is 2.30 bits per heavy atom. The lowest BCUT2D eigenvalue weighted by atomic mass is 10.7. The third kappa shape index (κ3) is 1.33. The highest BCUT2D eigenvalue weighted by molar-refractivity contribution is 5.13. The second kappa shape index (κ2) is 3.31. The summed E-state index contributed by atoms with van der Waals surface area (Å²) in [4.78, 5) is 12.8. The van der Waals surface area contributed by atoms with E-state index in [1.54, 1.807) is 17.8 Å². The lowest BCUT2D eigenvalue weighted by Crippen LogP contribution is -3.00. The highest BCUT2D eigenvalue weighted by atomic mass is 35.5. The van der Waals surface area contributed by atoms with E-state index in [1.165, 1.54) is 0 Å². The van der Waals surface area contributed by atoms with Crippen molar-refractivity contribution >= 4 is 5.82 Å². The zero-order chi connectivity index (χ0) is 6.85. The van der Waals surface area contributed by atoms with Gasteiger partial charge < -0.3 is 12.4 Å². The molecule has 1 aromatic rings. The number of hydrogen-bond donors (Lipinski definition) is 1. The van der Waals surface area contributed by atoms with E-state index in [2.05, 4.69) is 10.2 Å². The first kappa shape index (κ1) is 9.10. The first-order valence-corrected chi connectivity index (χ1v) is 2.63. The maximum Gasteiger partial charge on any atom is 0.342 e. The van der Waals surface area contributed by atoms with Crippen LogP contribution in [0.15, 0.2) is 11.4 Å². The zero-order valence-electron chi connectivity index (χ0n) is 5.76. The minimum Gasteiger partial charge on any atom is -1.00 e. The van der Waals surface area contributed by atoms with Crippen LogP contribution in [0.2, 0.25) is 0 Å². The Bertz CT molecular complexity index is 233. The first-order chi connectivity index (χ1) is 4.25. The Hall–Kier alpha value is -0.900. The smallest absolute Gasteiger partial charge is 0.342 e. The van der Waals surface area contributed by atoms with Crippen LogP contribution in [0.4, 0.5) is 5.82 Å². The Balaban J connectivity index is 0.000000810. The second-order valence-corrected chi connectivity index (χ2v) is 1.88. The summed E-state index contributed by atoms with van der Waals surface area (Å²) < 4.78 is 1.69. The van der Waals surface area contributed by atoms with Crippen LogP contribution in [-0.2, 0) is 7.05 Å². The Morgan fingerprint density at radius 1 is 1.70 bits per heavy atom. The van der Waals surface area contributed by atoms with Crippen LogP contribution >= 0.6 is 0 Å². The van der Waals surface area contributed by atoms with Crippen molar-refractivity contribution in [3.05, 3.63) is 16.9 Å². The number of H-pyrrole nitrogens is 1. The molecule has 0 spiro atoms. The van der Waals surface area contributed by atoms with Crippen LogP contribution in [-0.4, -0.2) is 4.98 Å². The molecule has 0 aromatic carbocycles. The number of halogens is 1. The van der Waals surface area contributed by atoms with Gasteiger partial charge in [-0.3, -0.25) is 4.98 Å². The van der Waals surface area contributed by atoms with Crippen LogP contribution in [0.1, 0.15) is 5.82 Å². The molecule has 56 valence electrons. The van der Waals surface area contributed by atoms with E-state index < -0.39 is 0 Å². The van der Waals surface area contributed by atoms with Gasteiger partial charge in [0.2, 0.25) is 0 Å². The molecule has 1 heterocycles. The lowest BCUT2D eigenvalue weighted by Gasteiger charge is -1.83. The van der Waals surface area contributed by atoms with Gasteiger partial charge in [0.1, 0.15) is 11.4 Å². The summed E-state index contributed by atoms with van der Waals surface area (Å²) in [6.45, 7) is 1.87. The van der Waals surface area contributed by atoms with Crippen molar-refractivity contribution in [3.63, 3.8) is 0 Å². The fraction of sp³-hybridized carbons (Fsp3) is 0.400. The van der Waals surface area contributed by atoms with Crippen molar-refractivity contribution in [3.8, 4) is 0 Å². The molecule has 1 rings (SSSR count). The normalized spacial score (nSPS) is 8.60. The SMILES string of the molecule is Cc1[nH]cc(N=O)[n+]1C.[Cl-]. The molecule has 0 saturated heterocycles. The number of rotatable bonds is 1. The summed E-state index contributed by atoms with van der Waals surface area (Å²) in [6.07, 6.45) is 1.57. The van der Waals surface area contributed by atoms with E-state index in [4.69, 9.17) is 0 Å². The second-order valence-electron chi connectivity index (χ2n) is 1.88. The van der Waals surface area contributed by atoms with Crippen LogP contribution in [0.25, 0.3) is 0 Å². The fourth-order valence-corrected chi connectivity index (χ4v) is 0.622. The number of nitrogens with one attached hydrogen (secondary N) is 1. The molecule has 0 bridgehead atoms. The number of aromatic amines is 1. The van der Waals surface area contributed by atoms with Crippen molar-refractivity contribution in [1.82, 2.24) is 4.98 Å². The first-order valence-electron chi connectivity index (χ1n) is 2.63. The largest absolute Gasteiger partial charge is 1.00 e. The minimum absolute atomic E-state index is 0. The van der Waals surface area contributed by atoms with Crippen molar-refractivity contribution < 1.29 is 17.0 Å². The zero-order valence-corrected chi connectivity index (χ0v) is 6.51. The molecule has 1 N–H and O–H groups in total. The molecule has 0 fully saturated rings. The van der Waals surface area contributed by atoms with Gasteiger partial charge in [-0.1, -0.05) is 4.91 Å². The molecule has 1 aromatic heterocycles. The van der Waals surface area contributed by atoms with Gasteiger partial charge in [-0.2, -0.15) is 0 Å². The van der Waals surface area contributed by atoms with Gasteiger partial charge in [-0.15, -0.1) is 0 Å². The molecule has 0 amide bonds. The predicted octanol–water partition coefficient (Wildman–Crippen LogP) is -2.45. The molecule has 0 radical (unpaired) electrons. The molecule has 10 heavy (non-hydrogen) atoms. The van der Waals surface area contributed by atoms with Gasteiger partial charge in [0, 0.05) is 6.92 Å². The predicted molar refractivity (Wildman–Crippen MR) is 32.2 cm³/mol. The third-order valence-electron chi connectivity index (χ3n) is 1.35. The summed E-state index contributed by atoms with van der Waals surface area (Å²) >= 11 is 0. The minimum atomic E-state index is 0. The number of nitroso groups, excluding NO2 is 1. The van der Waals surface area contributed by atoms with Crippen molar-refractivity contribution in [2.45, 2.75) is 6.92 Å². The number of nitrogens with zero attached hydrogens (tertiary/aromatic N) is 2. The van der Waals surface area contributed by atoms with Gasteiger partial charge in [-0.05, 0) is 0 Å². The number of hydrogen-bond acceptors (Lipinski definition) is 2. The van der Waals surface area contributed by atoms with Crippen molar-refractivity contribution in [1.29, 1.82) is 0 Å². The molecular formula is C5H8ClN3O. The highest BCUT2D eigenvalue weighted by Crippen LogP contribution is 2.00. The summed E-state index contributed by atoms with van der Waals surface area (Å²) in [5.74, 6) is 1.34. The van der Waals surface area contributed by atoms with Gasteiger partial charge in [0.05, 0.1) is 7.05 Å². The number of aryl methyl sites for hydroxylation is 1. The molecule has 0 atom stereocenters. The van der Waals surface area contributed by atoms with Crippen molar-refractivity contribution in [2.24, 2.45) is 12.2 Å². The summed E-state index contributed by atoms with van der Waals surface area (Å²) in [5.41, 5.74) is 0. The lowest BCUT2D eigenvalue weighted by molar-refractivity contribution is -0.663. The standard InChI is InChI=1S/C5H7N3O.ClH/c1-4-6-3-5(7-9)8(4)2;/h3H,1-2H3;1H. The maximum absolute atomic E-state index is 9.95. The number of aromatic nitrogens is 2. The molecular weight excluding hydrogens is 154 g/mol. The van der Waals surface area contributed by atoms with E-state index >= 15 is 0 Å². The Morgan fingerprint density at radius 3 is 2.50 bits per heavy atom. The highest BCUT2D eigenvalue weighted by Gasteiger charge is 2.08. The van der Waals surface area contributed by atoms with Crippen LogP contribution < -0.4 is 17.0 Å². The quantitative estimate of drug-likeness (QED) is 0.361. The van der Waals surface area contributed by atoms with Crippen LogP contribution in [0.5, 0.6) is 0 Å². The van der Waals surface area contributed by atoms with E-state index in [0.29, 0.717) is 5.82 Å². The number of imidazole rings is 1. The van der Waals surface area contributed by atoms with E-state index in [0.717, 1.165) is 5.82 Å². The molecule has 0 unspecified atom stereocenters. The summed E-state index contributed by atoms with van der Waals surface area (Å²) in [7, 11) is 1.78. The van der Waals surface area contributed by atoms with Gasteiger partial charge in [-0.25, -0.2) is 4.57 Å². The molecule has 0 aliphatic heterocycles. The molecule has 0 aliphatic carbocycles. The Kier molecular flexibility index (Phi) is 3.02. The maximum atomic E-state index is 9.95. The molecule has 4 nitrogen and oxygen atoms in total. The molecule has 5 heteroatoms. The summed E-state index contributed by atoms with van der Waals surface area (Å²) in [5, 5.41) is 2.77. The molecule has 0 saturated carbocycles. The van der Waals surface area contributed by atoms with Crippen LogP contribution in [0.3, 0.4) is 0 Å². The Labute approximate surface area is 64.6 Å². The van der Waals surface area contributed by atoms with Gasteiger partial charge in [0.25, 0.3) is 0 Å². The van der Waals surface area contributed by atoms with Gasteiger partial charge in [0.15, 0.2) is 5.82 Å². The average Bonchev–Trinajstić information content (AvgIpc) is 2.15. The van der Waals surface area contributed by atoms with Crippen molar-refractivity contribution in [2.75, 3.05) is 0 Å². The fourth-order valence-electron chi connectivity index (χ4n) is 0.622. The summed E-state index contributed by atoms with van der Waals surface area (Å²) in [6, 6.07) is 0. The van der Waals surface area contributed by atoms with E-state index in [1.807, 2.05) is 6.92 Å². The van der Waals surface area contributed by atoms with E-state index in [-0.39, 0.29) is 12.4 Å².